The molecule has 0 spiro atoms. The fourth-order valence-corrected chi connectivity index (χ4v) is 13.6. The van der Waals surface area contributed by atoms with Crippen LogP contribution in [-0.2, 0) is 80.6 Å². The molecule has 2 atom stereocenters. The number of methoxy groups -OCH3 is 1. The van der Waals surface area contributed by atoms with E-state index in [1.807, 2.05) is 38.4 Å². The van der Waals surface area contributed by atoms with Crippen molar-refractivity contribution >= 4 is 84.2 Å². The summed E-state index contributed by atoms with van der Waals surface area (Å²) in [5.74, 6) is -0.390. The van der Waals surface area contributed by atoms with Crippen LogP contribution in [0.25, 0.3) is 0 Å². The van der Waals surface area contributed by atoms with E-state index in [-0.39, 0.29) is 132 Å². The van der Waals surface area contributed by atoms with Gasteiger partial charge in [0.05, 0.1) is 109 Å². The normalized spacial score (nSPS) is 15.4. The summed E-state index contributed by atoms with van der Waals surface area (Å²) >= 11 is 25.8. The van der Waals surface area contributed by atoms with Gasteiger partial charge in [0.15, 0.2) is 0 Å². The molecule has 4 N–H and O–H groups in total. The number of halogens is 4. The number of Topliss-reactive ketones (excluding diaryl/α,β-unsaturated/α-hetero) is 1. The van der Waals surface area contributed by atoms with Gasteiger partial charge in [-0.15, -0.1) is 0 Å². The van der Waals surface area contributed by atoms with Crippen LogP contribution in [0.5, 0.6) is 0 Å². The Labute approximate surface area is 550 Å². The number of ether oxygens (including phenoxy) is 8. The molecule has 22 nitrogen and oxygen atoms in total. The van der Waals surface area contributed by atoms with E-state index in [4.69, 9.17) is 84.3 Å². The molecule has 6 rings (SSSR count). The topological polar surface area (TPSA) is 251 Å². The Hall–Kier alpha value is -4.13. The van der Waals surface area contributed by atoms with Crippen LogP contribution in [0.15, 0.2) is 82.6 Å². The lowest BCUT2D eigenvalue weighted by molar-refractivity contribution is -0.133. The maximum atomic E-state index is 13.4. The Balaban J connectivity index is 0.809. The number of carbonyl (C=O) groups is 3. The van der Waals surface area contributed by atoms with E-state index in [1.54, 1.807) is 60.5 Å². The lowest BCUT2D eigenvalue weighted by Crippen LogP contribution is -2.43. The molecule has 0 saturated carbocycles. The van der Waals surface area contributed by atoms with Gasteiger partial charge in [0.2, 0.25) is 26.0 Å². The van der Waals surface area contributed by atoms with Gasteiger partial charge in [-0.25, -0.2) is 31.1 Å². The average molecular weight is 1380 g/mol. The number of ketones is 1. The number of likely N-dealkylation sites (N-methyl/N-ethyl adjacent to an activating group) is 2. The van der Waals surface area contributed by atoms with Crippen LogP contribution in [0.2, 0.25) is 20.1 Å². The maximum absolute atomic E-state index is 13.4. The zero-order chi connectivity index (χ0) is 64.7. The zero-order valence-corrected chi connectivity index (χ0v) is 56.2. The second-order valence-electron chi connectivity index (χ2n) is 21.7. The van der Waals surface area contributed by atoms with Crippen LogP contribution in [0.4, 0.5) is 4.79 Å². The molecule has 4 aromatic carbocycles. The lowest BCUT2D eigenvalue weighted by Gasteiger charge is -2.33. The van der Waals surface area contributed by atoms with Crippen molar-refractivity contribution in [3.8, 4) is 0 Å². The van der Waals surface area contributed by atoms with Gasteiger partial charge in [-0.1, -0.05) is 70.7 Å². The number of fused-ring (bicyclic) bond motifs is 2. The highest BCUT2D eigenvalue weighted by Gasteiger charge is 2.30. The number of carbonyl (C=O) groups excluding carboxylic acids is 3. The van der Waals surface area contributed by atoms with E-state index in [0.29, 0.717) is 118 Å². The summed E-state index contributed by atoms with van der Waals surface area (Å²) in [4.78, 5) is 45.0. The van der Waals surface area contributed by atoms with E-state index in [2.05, 4.69) is 29.9 Å². The Kier molecular flexibility index (Phi) is 33.5. The number of nitrogens with one attached hydrogen (secondary N) is 4. The SMILES string of the molecule is COCCOCCOCCOCCC(=O)N(CCCC(=O)CCCOCCOCCNS(=O)(=O)c1cccc([C@@H]2CN(C)Cc3c(Cl)cc(Cl)cc32)c1)CCNC(=O)NCCOCCOCCNS(=O)(=O)c1cccc([C@@H]2CN(C)Cc3c(Cl)cc(Cl)cc32)c1. The highest BCUT2D eigenvalue weighted by molar-refractivity contribution is 7.89. The molecule has 0 bridgehead atoms. The summed E-state index contributed by atoms with van der Waals surface area (Å²) in [7, 11) is -2.07. The minimum absolute atomic E-state index is 0.0258. The third kappa shape index (κ3) is 26.0. The van der Waals surface area contributed by atoms with Crippen molar-refractivity contribution < 1.29 is 69.1 Å². The van der Waals surface area contributed by atoms with E-state index >= 15 is 0 Å². The fourth-order valence-electron chi connectivity index (χ4n) is 10.3. The van der Waals surface area contributed by atoms with E-state index in [9.17, 15) is 31.2 Å². The molecule has 0 saturated heterocycles. The Morgan fingerprint density at radius 2 is 0.944 bits per heavy atom. The predicted octanol–water partition coefficient (Wildman–Crippen LogP) is 7.12. The number of rotatable bonds is 44. The summed E-state index contributed by atoms with van der Waals surface area (Å²) in [5.41, 5.74) is 5.60. The van der Waals surface area contributed by atoms with Gasteiger partial charge in [0.25, 0.3) is 0 Å². The Bertz CT molecular complexity index is 2940. The van der Waals surface area contributed by atoms with Crippen LogP contribution in [0, 0.1) is 0 Å². The number of nitrogens with zero attached hydrogens (tertiary/aromatic N) is 3. The Morgan fingerprint density at radius 1 is 0.511 bits per heavy atom. The summed E-state index contributed by atoms with van der Waals surface area (Å²) in [6.45, 7) is 7.96. The molecule has 28 heteroatoms. The molecular formula is C62H87Cl4N7O15S2. The number of hydrogen-bond acceptors (Lipinski definition) is 17. The first kappa shape index (κ1) is 74.9. The van der Waals surface area contributed by atoms with E-state index < -0.39 is 26.1 Å². The first-order chi connectivity index (χ1) is 43.3. The molecule has 0 radical (unpaired) electrons. The van der Waals surface area contributed by atoms with E-state index in [0.717, 1.165) is 33.4 Å². The van der Waals surface area contributed by atoms with Crippen molar-refractivity contribution in [2.75, 3.05) is 173 Å². The van der Waals surface area contributed by atoms with Gasteiger partial charge in [0.1, 0.15) is 5.78 Å². The van der Waals surface area contributed by atoms with Crippen molar-refractivity contribution in [1.82, 2.24) is 34.8 Å². The monoisotopic (exact) mass is 1370 g/mol. The molecule has 0 fully saturated rings. The largest absolute Gasteiger partial charge is 0.382 e. The van der Waals surface area contributed by atoms with Crippen molar-refractivity contribution in [3.63, 3.8) is 0 Å². The summed E-state index contributed by atoms with van der Waals surface area (Å²) in [6, 6.07) is 20.6. The number of hydrogen-bond donors (Lipinski definition) is 4. The first-order valence-corrected chi connectivity index (χ1v) is 34.7. The quantitative estimate of drug-likeness (QED) is 0.0322. The van der Waals surface area contributed by atoms with Crippen LogP contribution < -0.4 is 20.1 Å². The van der Waals surface area contributed by atoms with Crippen molar-refractivity contribution in [1.29, 1.82) is 0 Å². The van der Waals surface area contributed by atoms with Gasteiger partial charge in [-0.3, -0.25) is 9.59 Å². The third-order valence-corrected chi connectivity index (χ3v) is 18.8. The maximum Gasteiger partial charge on any atom is 0.314 e. The summed E-state index contributed by atoms with van der Waals surface area (Å²) in [6.07, 6.45) is 1.56. The van der Waals surface area contributed by atoms with Gasteiger partial charge in [0, 0.05) is 124 Å². The zero-order valence-electron chi connectivity index (χ0n) is 51.6. The number of amides is 3. The number of urea groups is 1. The molecule has 3 amide bonds. The molecule has 500 valence electrons. The molecule has 2 aliphatic rings. The molecule has 0 aliphatic carbocycles. The van der Waals surface area contributed by atoms with Crippen LogP contribution in [0.1, 0.15) is 77.3 Å². The summed E-state index contributed by atoms with van der Waals surface area (Å²) < 4.78 is 102. The highest BCUT2D eigenvalue weighted by Crippen LogP contribution is 2.40. The van der Waals surface area contributed by atoms with Crippen LogP contribution in [0.3, 0.4) is 0 Å². The van der Waals surface area contributed by atoms with Crippen molar-refractivity contribution in [2.45, 2.75) is 66.8 Å². The van der Waals surface area contributed by atoms with Gasteiger partial charge >= 0.3 is 6.03 Å². The van der Waals surface area contributed by atoms with Crippen LogP contribution in [-0.4, -0.2) is 222 Å². The predicted molar refractivity (Wildman–Crippen MR) is 346 cm³/mol. The van der Waals surface area contributed by atoms with Crippen molar-refractivity contribution in [2.24, 2.45) is 0 Å². The molecule has 4 aromatic rings. The lowest BCUT2D eigenvalue weighted by atomic mass is 9.85. The van der Waals surface area contributed by atoms with E-state index in [1.165, 1.54) is 0 Å². The van der Waals surface area contributed by atoms with Crippen LogP contribution >= 0.6 is 46.4 Å². The highest BCUT2D eigenvalue weighted by atomic mass is 35.5. The molecule has 0 unspecified atom stereocenters. The minimum atomic E-state index is -3.84. The molecule has 2 heterocycles. The molecule has 2 aliphatic heterocycles. The van der Waals surface area contributed by atoms with Gasteiger partial charge in [-0.2, -0.15) is 0 Å². The second kappa shape index (κ2) is 40.2. The van der Waals surface area contributed by atoms with Gasteiger partial charge in [-0.05, 0) is 109 Å². The molecule has 90 heavy (non-hydrogen) atoms. The Morgan fingerprint density at radius 3 is 1.44 bits per heavy atom. The third-order valence-electron chi connectivity index (χ3n) is 14.8. The smallest absolute Gasteiger partial charge is 0.314 e. The number of benzene rings is 4. The number of sulfonamides is 2. The average Bonchev–Trinajstić information content (AvgIpc) is 0.805. The fraction of sp³-hybridized carbons (Fsp3) is 0.565. The first-order valence-electron chi connectivity index (χ1n) is 30.2. The minimum Gasteiger partial charge on any atom is -0.382 e. The summed E-state index contributed by atoms with van der Waals surface area (Å²) in [5, 5.41) is 7.71. The van der Waals surface area contributed by atoms with Gasteiger partial charge < -0.3 is 63.2 Å². The standard InChI is InChI=1S/C62H87Cl4N7O15S2/c1-71-42-55(53-38-48(63)40-59(65)57(53)44-71)46-8-4-12-51(36-46)89(77,78)69-17-24-85-30-28-82-21-7-11-50(74)10-6-19-73(61(75)14-22-83-29-33-88-35-34-87-27-26-81-3)20-15-67-62(76)68-16-23-84-31-32-86-25-18-70-90(79,80)52-13-5-9-47(37-52)56-43-72(2)45-58-54(56)39-49(64)41-60(58)66/h4-5,8-9,12-13,36-41,55-56,69-70H,6-7,10-11,14-35,42-45H2,1-3H3,(H2,67,68,76)/t55-,56-/m0/s1. The molecule has 0 aromatic heterocycles. The second-order valence-corrected chi connectivity index (χ2v) is 26.9. The molecular weight excluding hydrogens is 1290 g/mol. The van der Waals surface area contributed by atoms with Crippen molar-refractivity contribution in [3.05, 3.63) is 126 Å².